The van der Waals surface area contributed by atoms with Gasteiger partial charge in [-0.05, 0) is 18.6 Å². The average Bonchev–Trinajstić information content (AvgIpc) is 2.28. The number of carboxylic acids is 1. The molecule has 0 aliphatic rings. The number of carbonyl (C=O) groups is 1. The first kappa shape index (κ1) is 10.4. The maximum atomic E-state index is 11.6. The van der Waals surface area contributed by atoms with Gasteiger partial charge in [-0.2, -0.15) is 0 Å². The van der Waals surface area contributed by atoms with Gasteiger partial charge in [0.15, 0.2) is 0 Å². The van der Waals surface area contributed by atoms with Gasteiger partial charge in [0.1, 0.15) is 5.65 Å². The van der Waals surface area contributed by atoms with Crippen molar-refractivity contribution in [3.63, 3.8) is 0 Å². The molecule has 0 spiro atoms. The Hall–Kier alpha value is -2.17. The first-order valence-corrected chi connectivity index (χ1v) is 4.87. The highest BCUT2D eigenvalue weighted by molar-refractivity contribution is 5.88. The molecule has 82 valence electrons. The van der Waals surface area contributed by atoms with Crippen LogP contribution in [0.15, 0.2) is 29.2 Å². The molecule has 5 nitrogen and oxygen atoms in total. The molecular formula is C11H10N2O3. The van der Waals surface area contributed by atoms with E-state index < -0.39 is 5.97 Å². The molecule has 0 fully saturated rings. The molecule has 2 heterocycles. The number of hydrogen-bond donors (Lipinski definition) is 1. The number of rotatable bonds is 2. The molecule has 16 heavy (non-hydrogen) atoms. The van der Waals surface area contributed by atoms with Gasteiger partial charge < -0.3 is 5.11 Å². The van der Waals surface area contributed by atoms with Gasteiger partial charge in [0, 0.05) is 18.0 Å². The summed E-state index contributed by atoms with van der Waals surface area (Å²) in [5, 5.41) is 8.82. The Balaban J connectivity index is 2.76. The van der Waals surface area contributed by atoms with Crippen LogP contribution in [-0.2, 0) is 6.42 Å². The largest absolute Gasteiger partial charge is 0.478 e. The Bertz CT molecular complexity index is 616. The van der Waals surface area contributed by atoms with Gasteiger partial charge >= 0.3 is 5.97 Å². The second-order valence-electron chi connectivity index (χ2n) is 3.39. The molecule has 0 radical (unpaired) electrons. The van der Waals surface area contributed by atoms with Crippen LogP contribution >= 0.6 is 0 Å². The summed E-state index contributed by atoms with van der Waals surface area (Å²) >= 11 is 0. The van der Waals surface area contributed by atoms with E-state index in [1.165, 1.54) is 28.8 Å². The van der Waals surface area contributed by atoms with Gasteiger partial charge in [-0.3, -0.25) is 9.20 Å². The standard InChI is InChI=1S/C11H10N2O3/c1-2-8-6-10(14)13-4-3-7(11(15)16)5-9(13)12-8/h3-6H,2H2,1H3,(H,15,16). The van der Waals surface area contributed by atoms with Crippen molar-refractivity contribution in [3.05, 3.63) is 46.0 Å². The van der Waals surface area contributed by atoms with Crippen molar-refractivity contribution in [2.75, 3.05) is 0 Å². The van der Waals surface area contributed by atoms with Crippen molar-refractivity contribution in [2.24, 2.45) is 0 Å². The molecule has 0 saturated carbocycles. The smallest absolute Gasteiger partial charge is 0.335 e. The average molecular weight is 218 g/mol. The Morgan fingerprint density at radius 2 is 2.25 bits per heavy atom. The van der Waals surface area contributed by atoms with Crippen LogP contribution in [-0.4, -0.2) is 20.5 Å². The van der Waals surface area contributed by atoms with Crippen LogP contribution in [0.1, 0.15) is 23.0 Å². The number of pyridine rings is 1. The normalized spacial score (nSPS) is 10.6. The van der Waals surface area contributed by atoms with Crippen LogP contribution in [0.5, 0.6) is 0 Å². The van der Waals surface area contributed by atoms with E-state index in [2.05, 4.69) is 4.98 Å². The van der Waals surface area contributed by atoms with Crippen molar-refractivity contribution in [1.82, 2.24) is 9.38 Å². The minimum Gasteiger partial charge on any atom is -0.478 e. The Kier molecular flexibility index (Phi) is 2.44. The summed E-state index contributed by atoms with van der Waals surface area (Å²) in [5.74, 6) is -1.03. The van der Waals surface area contributed by atoms with Gasteiger partial charge in [0.05, 0.1) is 5.56 Å². The molecule has 2 aromatic heterocycles. The van der Waals surface area contributed by atoms with E-state index >= 15 is 0 Å². The number of nitrogens with zero attached hydrogens (tertiary/aromatic N) is 2. The Morgan fingerprint density at radius 1 is 1.50 bits per heavy atom. The molecule has 0 aliphatic heterocycles. The van der Waals surface area contributed by atoms with Crippen molar-refractivity contribution >= 4 is 11.6 Å². The molecule has 0 atom stereocenters. The van der Waals surface area contributed by atoms with E-state index in [0.717, 1.165) is 0 Å². The molecule has 2 aromatic rings. The lowest BCUT2D eigenvalue weighted by Crippen LogP contribution is -2.15. The molecule has 0 aliphatic carbocycles. The van der Waals surface area contributed by atoms with Crippen molar-refractivity contribution < 1.29 is 9.90 Å². The van der Waals surface area contributed by atoms with Crippen LogP contribution < -0.4 is 5.56 Å². The zero-order valence-electron chi connectivity index (χ0n) is 8.67. The number of aromatic nitrogens is 2. The fraction of sp³-hybridized carbons (Fsp3) is 0.182. The van der Waals surface area contributed by atoms with Gasteiger partial charge in [0.2, 0.25) is 0 Å². The highest BCUT2D eigenvalue weighted by Crippen LogP contribution is 2.04. The van der Waals surface area contributed by atoms with Crippen LogP contribution in [0.25, 0.3) is 5.65 Å². The lowest BCUT2D eigenvalue weighted by molar-refractivity contribution is 0.0697. The second kappa shape index (κ2) is 3.77. The van der Waals surface area contributed by atoms with Crippen LogP contribution in [0.4, 0.5) is 0 Å². The number of hydrogen-bond acceptors (Lipinski definition) is 3. The third-order valence-electron chi connectivity index (χ3n) is 2.33. The van der Waals surface area contributed by atoms with Gasteiger partial charge in [0.25, 0.3) is 5.56 Å². The molecule has 2 rings (SSSR count). The fourth-order valence-corrected chi connectivity index (χ4v) is 1.47. The minimum atomic E-state index is -1.03. The topological polar surface area (TPSA) is 71.7 Å². The lowest BCUT2D eigenvalue weighted by Gasteiger charge is -2.03. The van der Waals surface area contributed by atoms with E-state index in [-0.39, 0.29) is 11.1 Å². The molecule has 5 heteroatoms. The maximum Gasteiger partial charge on any atom is 0.335 e. The Labute approximate surface area is 91.0 Å². The summed E-state index contributed by atoms with van der Waals surface area (Å²) in [6.07, 6.45) is 2.07. The second-order valence-corrected chi connectivity index (χ2v) is 3.39. The monoisotopic (exact) mass is 218 g/mol. The summed E-state index contributed by atoms with van der Waals surface area (Å²) < 4.78 is 1.32. The first-order chi connectivity index (χ1) is 7.61. The van der Waals surface area contributed by atoms with Crippen LogP contribution in [0.3, 0.4) is 0 Å². The lowest BCUT2D eigenvalue weighted by atomic mass is 10.2. The highest BCUT2D eigenvalue weighted by atomic mass is 16.4. The van der Waals surface area contributed by atoms with Crippen molar-refractivity contribution in [1.29, 1.82) is 0 Å². The molecule has 0 unspecified atom stereocenters. The molecule has 0 aromatic carbocycles. The van der Waals surface area contributed by atoms with Gasteiger partial charge in [-0.15, -0.1) is 0 Å². The summed E-state index contributed by atoms with van der Waals surface area (Å²) in [6, 6.07) is 4.22. The number of aromatic carboxylic acids is 1. The predicted molar refractivity (Wildman–Crippen MR) is 57.8 cm³/mol. The minimum absolute atomic E-state index is 0.125. The van der Waals surface area contributed by atoms with E-state index in [1.807, 2.05) is 6.92 Å². The van der Waals surface area contributed by atoms with Crippen molar-refractivity contribution in [2.45, 2.75) is 13.3 Å². The SMILES string of the molecule is CCc1cc(=O)n2ccc(C(=O)O)cc2n1. The first-order valence-electron chi connectivity index (χ1n) is 4.87. The van der Waals surface area contributed by atoms with Crippen molar-refractivity contribution in [3.8, 4) is 0 Å². The fourth-order valence-electron chi connectivity index (χ4n) is 1.47. The maximum absolute atomic E-state index is 11.6. The van der Waals surface area contributed by atoms with E-state index in [9.17, 15) is 9.59 Å². The van der Waals surface area contributed by atoms with Crippen LogP contribution in [0.2, 0.25) is 0 Å². The quantitative estimate of drug-likeness (QED) is 0.814. The van der Waals surface area contributed by atoms with Gasteiger partial charge in [-0.1, -0.05) is 6.92 Å². The van der Waals surface area contributed by atoms with E-state index in [0.29, 0.717) is 17.8 Å². The summed E-state index contributed by atoms with van der Waals surface area (Å²) in [4.78, 5) is 26.6. The van der Waals surface area contributed by atoms with Crippen LogP contribution in [0, 0.1) is 0 Å². The molecule has 1 N–H and O–H groups in total. The van der Waals surface area contributed by atoms with E-state index in [4.69, 9.17) is 5.11 Å². The molecule has 0 amide bonds. The molecular weight excluding hydrogens is 208 g/mol. The molecule has 0 bridgehead atoms. The summed E-state index contributed by atoms with van der Waals surface area (Å²) in [7, 11) is 0. The zero-order valence-corrected chi connectivity index (χ0v) is 8.67. The zero-order chi connectivity index (χ0) is 11.7. The highest BCUT2D eigenvalue weighted by Gasteiger charge is 2.06. The molecule has 0 saturated heterocycles. The van der Waals surface area contributed by atoms with E-state index in [1.54, 1.807) is 0 Å². The predicted octanol–water partition coefficient (Wildman–Crippen LogP) is 0.955. The number of carboxylic acid groups (broad SMARTS) is 1. The number of fused-ring (bicyclic) bond motifs is 1. The summed E-state index contributed by atoms with van der Waals surface area (Å²) in [6.45, 7) is 1.89. The third kappa shape index (κ3) is 1.67. The summed E-state index contributed by atoms with van der Waals surface area (Å²) in [5.41, 5.74) is 0.954. The van der Waals surface area contributed by atoms with Gasteiger partial charge in [-0.25, -0.2) is 9.78 Å². The Morgan fingerprint density at radius 3 is 2.88 bits per heavy atom. The third-order valence-corrected chi connectivity index (χ3v) is 2.33. The number of aryl methyl sites for hydroxylation is 1.